The van der Waals surface area contributed by atoms with Crippen LogP contribution in [0.25, 0.3) is 0 Å². The molecule has 0 aliphatic rings. The van der Waals surface area contributed by atoms with E-state index in [4.69, 9.17) is 5.73 Å². The second-order valence-electron chi connectivity index (χ2n) is 6.94. The average molecular weight is 287 g/mol. The van der Waals surface area contributed by atoms with Crippen molar-refractivity contribution in [1.29, 1.82) is 0 Å². The van der Waals surface area contributed by atoms with Crippen LogP contribution in [0, 0.1) is 5.41 Å². The standard InChI is InChI=1S/C12H23BF5N/c1-8(2,10(5,13)11(6,15)16)7(14)12(17,18)9(3,4)19/h7H,13,19H2,1-6H3/t7?,10-/m0/s1. The molecule has 7 heteroatoms. The SMILES string of the molecule is B[C@](C)(C(C)(F)F)C(C)(C)C(F)C(F)(F)C(C)(C)N. The molecular formula is C12H23BF5N. The van der Waals surface area contributed by atoms with Gasteiger partial charge in [0.2, 0.25) is 5.92 Å². The Morgan fingerprint density at radius 1 is 0.895 bits per heavy atom. The van der Waals surface area contributed by atoms with Gasteiger partial charge < -0.3 is 5.73 Å². The van der Waals surface area contributed by atoms with Gasteiger partial charge in [-0.15, -0.1) is 0 Å². The summed E-state index contributed by atoms with van der Waals surface area (Å²) < 4.78 is 69.5. The van der Waals surface area contributed by atoms with E-state index < -0.39 is 34.3 Å². The lowest BCUT2D eigenvalue weighted by molar-refractivity contribution is -0.183. The Morgan fingerprint density at radius 2 is 1.21 bits per heavy atom. The van der Waals surface area contributed by atoms with Crippen molar-refractivity contribution in [3.8, 4) is 0 Å². The van der Waals surface area contributed by atoms with Crippen LogP contribution in [0.4, 0.5) is 22.0 Å². The highest BCUT2D eigenvalue weighted by Crippen LogP contribution is 2.58. The molecule has 19 heavy (non-hydrogen) atoms. The number of halogens is 5. The Kier molecular flexibility index (Phi) is 4.52. The third-order valence-electron chi connectivity index (χ3n) is 4.52. The maximum atomic E-state index is 14.3. The number of alkyl halides is 5. The molecule has 0 heterocycles. The summed E-state index contributed by atoms with van der Waals surface area (Å²) in [6.07, 6.45) is -2.79. The highest BCUT2D eigenvalue weighted by atomic mass is 19.3. The summed E-state index contributed by atoms with van der Waals surface area (Å²) in [6.45, 7) is 5.80. The molecule has 0 rings (SSSR count). The first-order valence-corrected chi connectivity index (χ1v) is 6.09. The molecule has 0 radical (unpaired) electrons. The molecule has 114 valence electrons. The van der Waals surface area contributed by atoms with Gasteiger partial charge in [0.05, 0.1) is 5.54 Å². The molecule has 1 unspecified atom stereocenters. The van der Waals surface area contributed by atoms with Crippen molar-refractivity contribution in [2.45, 2.75) is 70.4 Å². The van der Waals surface area contributed by atoms with E-state index in [1.165, 1.54) is 0 Å². The fourth-order valence-electron chi connectivity index (χ4n) is 1.66. The predicted octanol–water partition coefficient (Wildman–Crippen LogP) is 3.19. The zero-order valence-corrected chi connectivity index (χ0v) is 12.5. The molecule has 0 aliphatic heterocycles. The van der Waals surface area contributed by atoms with Crippen molar-refractivity contribution in [3.63, 3.8) is 0 Å². The molecule has 0 spiro atoms. The van der Waals surface area contributed by atoms with Crippen LogP contribution in [0.5, 0.6) is 0 Å². The van der Waals surface area contributed by atoms with Gasteiger partial charge >= 0.3 is 0 Å². The van der Waals surface area contributed by atoms with E-state index in [1.54, 1.807) is 0 Å². The van der Waals surface area contributed by atoms with Crippen LogP contribution < -0.4 is 5.73 Å². The van der Waals surface area contributed by atoms with Crippen LogP contribution in [0.15, 0.2) is 0 Å². The van der Waals surface area contributed by atoms with Gasteiger partial charge in [-0.1, -0.05) is 20.8 Å². The Labute approximate surface area is 112 Å². The number of hydrogen-bond donors (Lipinski definition) is 1. The third-order valence-corrected chi connectivity index (χ3v) is 4.52. The van der Waals surface area contributed by atoms with Crippen LogP contribution in [-0.4, -0.2) is 31.4 Å². The number of rotatable bonds is 5. The van der Waals surface area contributed by atoms with Crippen LogP contribution in [-0.2, 0) is 0 Å². The van der Waals surface area contributed by atoms with E-state index in [0.717, 1.165) is 42.5 Å². The lowest BCUT2D eigenvalue weighted by Gasteiger charge is -2.50. The van der Waals surface area contributed by atoms with E-state index in [9.17, 15) is 22.0 Å². The van der Waals surface area contributed by atoms with Crippen LogP contribution in [0.2, 0.25) is 5.31 Å². The molecule has 2 atom stereocenters. The van der Waals surface area contributed by atoms with E-state index >= 15 is 0 Å². The minimum Gasteiger partial charge on any atom is -0.320 e. The summed E-state index contributed by atoms with van der Waals surface area (Å²) in [5.41, 5.74) is 1.18. The lowest BCUT2D eigenvalue weighted by atomic mass is 9.49. The molecule has 0 fully saturated rings. The van der Waals surface area contributed by atoms with E-state index in [2.05, 4.69) is 0 Å². The van der Waals surface area contributed by atoms with Gasteiger partial charge in [-0.2, -0.15) is 0 Å². The highest BCUT2D eigenvalue weighted by Gasteiger charge is 2.64. The van der Waals surface area contributed by atoms with Crippen LogP contribution >= 0.6 is 0 Å². The summed E-state index contributed by atoms with van der Waals surface area (Å²) in [6, 6.07) is 0. The van der Waals surface area contributed by atoms with Crippen LogP contribution in [0.1, 0.15) is 41.5 Å². The van der Waals surface area contributed by atoms with Crippen molar-refractivity contribution < 1.29 is 22.0 Å². The minimum absolute atomic E-state index is 0.604. The first-order chi connectivity index (χ1) is 7.90. The second kappa shape index (κ2) is 4.60. The summed E-state index contributed by atoms with van der Waals surface area (Å²) in [5, 5.41) is -1.96. The first kappa shape index (κ1) is 18.7. The number of nitrogens with two attached hydrogens (primary N) is 1. The Bertz CT molecular complexity index is 328. The van der Waals surface area contributed by atoms with E-state index in [1.807, 2.05) is 0 Å². The molecule has 2 N–H and O–H groups in total. The van der Waals surface area contributed by atoms with Gasteiger partial charge in [0.15, 0.2) is 6.17 Å². The molecule has 0 amide bonds. The molecule has 0 aromatic rings. The van der Waals surface area contributed by atoms with Gasteiger partial charge in [-0.25, -0.2) is 22.0 Å². The van der Waals surface area contributed by atoms with Gasteiger partial charge in [0.25, 0.3) is 5.92 Å². The third kappa shape index (κ3) is 2.90. The van der Waals surface area contributed by atoms with Gasteiger partial charge in [-0.05, 0) is 20.8 Å². The first-order valence-electron chi connectivity index (χ1n) is 6.09. The average Bonchev–Trinajstić information content (AvgIpc) is 2.12. The molecule has 0 bridgehead atoms. The Balaban J connectivity index is 5.70. The topological polar surface area (TPSA) is 26.0 Å². The van der Waals surface area contributed by atoms with Gasteiger partial charge in [0, 0.05) is 10.7 Å². The zero-order chi connectivity index (χ0) is 16.1. The maximum absolute atomic E-state index is 14.3. The van der Waals surface area contributed by atoms with E-state index in [-0.39, 0.29) is 0 Å². The quantitative estimate of drug-likeness (QED) is 0.610. The predicted molar refractivity (Wildman–Crippen MR) is 69.4 cm³/mol. The largest absolute Gasteiger partial charge is 0.320 e. The van der Waals surface area contributed by atoms with Crippen LogP contribution in [0.3, 0.4) is 0 Å². The van der Waals surface area contributed by atoms with Crippen molar-refractivity contribution in [2.24, 2.45) is 11.1 Å². The highest BCUT2D eigenvalue weighted by molar-refractivity contribution is 6.16. The lowest BCUT2D eigenvalue weighted by Crippen LogP contribution is -2.62. The fraction of sp³-hybridized carbons (Fsp3) is 1.00. The van der Waals surface area contributed by atoms with Crippen molar-refractivity contribution in [3.05, 3.63) is 0 Å². The van der Waals surface area contributed by atoms with Gasteiger partial charge in [-0.3, -0.25) is 0 Å². The van der Waals surface area contributed by atoms with Crippen molar-refractivity contribution in [2.75, 3.05) is 0 Å². The monoisotopic (exact) mass is 287 g/mol. The van der Waals surface area contributed by atoms with Crippen molar-refractivity contribution in [1.82, 2.24) is 0 Å². The van der Waals surface area contributed by atoms with E-state index in [0.29, 0.717) is 6.92 Å². The second-order valence-corrected chi connectivity index (χ2v) is 6.94. The van der Waals surface area contributed by atoms with Crippen molar-refractivity contribution >= 4 is 7.85 Å². The zero-order valence-electron chi connectivity index (χ0n) is 12.5. The summed E-state index contributed by atoms with van der Waals surface area (Å²) >= 11 is 0. The number of hydrogen-bond acceptors (Lipinski definition) is 1. The minimum atomic E-state index is -3.92. The molecular weight excluding hydrogens is 264 g/mol. The Hall–Kier alpha value is -0.325. The molecule has 0 aromatic heterocycles. The fourth-order valence-corrected chi connectivity index (χ4v) is 1.66. The summed E-state index contributed by atoms with van der Waals surface area (Å²) in [5.74, 6) is -7.23. The molecule has 0 aromatic carbocycles. The summed E-state index contributed by atoms with van der Waals surface area (Å²) in [7, 11) is 1.08. The molecule has 0 saturated carbocycles. The Morgan fingerprint density at radius 3 is 1.42 bits per heavy atom. The molecule has 0 saturated heterocycles. The smallest absolute Gasteiger partial charge is 0.296 e. The summed E-state index contributed by atoms with van der Waals surface area (Å²) in [4.78, 5) is 0. The maximum Gasteiger partial charge on any atom is 0.296 e. The molecule has 0 aliphatic carbocycles. The van der Waals surface area contributed by atoms with Gasteiger partial charge in [0.1, 0.15) is 7.85 Å². The normalized spacial score (nSPS) is 20.0. The molecule has 1 nitrogen and oxygen atoms in total.